The first-order valence-corrected chi connectivity index (χ1v) is 7.71. The van der Waals surface area contributed by atoms with Crippen molar-refractivity contribution in [2.45, 2.75) is 26.6 Å². The minimum absolute atomic E-state index is 0.0110. The van der Waals surface area contributed by atoms with Crippen LogP contribution in [0.3, 0.4) is 0 Å². The molecule has 6 nitrogen and oxygen atoms in total. The first kappa shape index (κ1) is 16.4. The van der Waals surface area contributed by atoms with Gasteiger partial charge in [-0.05, 0) is 37.1 Å². The summed E-state index contributed by atoms with van der Waals surface area (Å²) in [6.07, 6.45) is -4.63. The molecule has 0 saturated heterocycles. The Hall–Kier alpha value is -2.49. The van der Waals surface area contributed by atoms with Crippen LogP contribution in [0.1, 0.15) is 32.3 Å². The Morgan fingerprint density at radius 3 is 2.67 bits per heavy atom. The largest absolute Gasteiger partial charge is 0.453 e. The summed E-state index contributed by atoms with van der Waals surface area (Å²) in [7, 11) is 0. The summed E-state index contributed by atoms with van der Waals surface area (Å²) in [6, 6.07) is 5.28. The molecule has 10 heteroatoms. The summed E-state index contributed by atoms with van der Waals surface area (Å²) < 4.78 is 38.9. The first-order chi connectivity index (χ1) is 11.3. The standard InChI is InChI=1S/C14H12F3N5OS/c1-7-3-4-9(5-8(7)2)11(23)18-6-10-21-22-12(14(15,16)17)19-20-13(22)24-10/h3-5H,6H2,1-2H3,(H,18,23). The fourth-order valence-corrected chi connectivity index (χ4v) is 2.82. The molecule has 2 heterocycles. The number of halogens is 3. The molecule has 1 N–H and O–H groups in total. The maximum Gasteiger partial charge on any atom is 0.453 e. The molecule has 3 rings (SSSR count). The van der Waals surface area contributed by atoms with Gasteiger partial charge in [0.05, 0.1) is 6.54 Å². The lowest BCUT2D eigenvalue weighted by Crippen LogP contribution is -2.23. The van der Waals surface area contributed by atoms with Gasteiger partial charge in [-0.1, -0.05) is 17.4 Å². The number of benzene rings is 1. The zero-order valence-corrected chi connectivity index (χ0v) is 13.5. The molecule has 0 radical (unpaired) electrons. The normalized spacial score (nSPS) is 11.9. The lowest BCUT2D eigenvalue weighted by atomic mass is 10.1. The van der Waals surface area contributed by atoms with Gasteiger partial charge in [-0.25, -0.2) is 0 Å². The van der Waals surface area contributed by atoms with Gasteiger partial charge in [0.15, 0.2) is 0 Å². The molecule has 0 unspecified atom stereocenters. The highest BCUT2D eigenvalue weighted by Gasteiger charge is 2.38. The molecule has 0 spiro atoms. The van der Waals surface area contributed by atoms with E-state index in [-0.39, 0.29) is 17.4 Å². The number of carbonyl (C=O) groups excluding carboxylic acids is 1. The van der Waals surface area contributed by atoms with Crippen LogP contribution in [-0.2, 0) is 12.7 Å². The molecular weight excluding hydrogens is 343 g/mol. The predicted molar refractivity (Wildman–Crippen MR) is 80.7 cm³/mol. The lowest BCUT2D eigenvalue weighted by molar-refractivity contribution is -0.146. The van der Waals surface area contributed by atoms with Crippen molar-refractivity contribution in [1.29, 1.82) is 0 Å². The Morgan fingerprint density at radius 2 is 2.00 bits per heavy atom. The number of nitrogens with one attached hydrogen (secondary N) is 1. The van der Waals surface area contributed by atoms with E-state index < -0.39 is 12.0 Å². The zero-order chi connectivity index (χ0) is 17.5. The molecule has 1 amide bonds. The van der Waals surface area contributed by atoms with E-state index in [0.29, 0.717) is 15.1 Å². The second-order valence-electron chi connectivity index (χ2n) is 5.19. The third kappa shape index (κ3) is 3.09. The second kappa shape index (κ2) is 5.86. The minimum Gasteiger partial charge on any atom is -0.345 e. The summed E-state index contributed by atoms with van der Waals surface area (Å²) in [5, 5.41) is 13.3. The van der Waals surface area contributed by atoms with Crippen LogP contribution in [0.15, 0.2) is 18.2 Å². The van der Waals surface area contributed by atoms with Gasteiger partial charge in [0.2, 0.25) is 4.96 Å². The minimum atomic E-state index is -4.63. The van der Waals surface area contributed by atoms with Crippen LogP contribution < -0.4 is 5.32 Å². The van der Waals surface area contributed by atoms with Gasteiger partial charge in [0.1, 0.15) is 5.01 Å². The predicted octanol–water partition coefficient (Wildman–Crippen LogP) is 2.75. The third-order valence-electron chi connectivity index (χ3n) is 3.46. The lowest BCUT2D eigenvalue weighted by Gasteiger charge is -2.05. The molecular formula is C14H12F3N5OS. The quantitative estimate of drug-likeness (QED) is 0.784. The van der Waals surface area contributed by atoms with Crippen molar-refractivity contribution < 1.29 is 18.0 Å². The number of carbonyl (C=O) groups is 1. The average molecular weight is 355 g/mol. The zero-order valence-electron chi connectivity index (χ0n) is 12.7. The molecule has 3 aromatic rings. The fourth-order valence-electron chi connectivity index (χ4n) is 2.05. The SMILES string of the molecule is Cc1ccc(C(=O)NCc2nn3c(C(F)(F)F)nnc3s2)cc1C. The van der Waals surface area contributed by atoms with Crippen LogP contribution in [0.4, 0.5) is 13.2 Å². The van der Waals surface area contributed by atoms with E-state index in [1.807, 2.05) is 19.9 Å². The van der Waals surface area contributed by atoms with Gasteiger partial charge >= 0.3 is 6.18 Å². The van der Waals surface area contributed by atoms with E-state index in [1.165, 1.54) is 0 Å². The molecule has 0 fully saturated rings. The maximum absolute atomic E-state index is 12.7. The molecule has 0 saturated carbocycles. The number of fused-ring (bicyclic) bond motifs is 1. The molecule has 126 valence electrons. The van der Waals surface area contributed by atoms with Crippen molar-refractivity contribution in [1.82, 2.24) is 25.1 Å². The monoisotopic (exact) mass is 355 g/mol. The van der Waals surface area contributed by atoms with Gasteiger partial charge in [-0.2, -0.15) is 22.8 Å². The average Bonchev–Trinajstić information content (AvgIpc) is 3.06. The number of hydrogen-bond acceptors (Lipinski definition) is 5. The van der Waals surface area contributed by atoms with Crippen LogP contribution in [0.5, 0.6) is 0 Å². The van der Waals surface area contributed by atoms with Crippen molar-refractivity contribution in [2.24, 2.45) is 0 Å². The van der Waals surface area contributed by atoms with Gasteiger partial charge in [0.25, 0.3) is 11.7 Å². The molecule has 1 aromatic carbocycles. The van der Waals surface area contributed by atoms with Gasteiger partial charge in [0, 0.05) is 5.56 Å². The van der Waals surface area contributed by atoms with E-state index in [1.54, 1.807) is 12.1 Å². The molecule has 0 aliphatic heterocycles. The van der Waals surface area contributed by atoms with Crippen molar-refractivity contribution in [3.05, 3.63) is 45.7 Å². The number of aryl methyl sites for hydroxylation is 2. The van der Waals surface area contributed by atoms with Gasteiger partial charge in [-0.3, -0.25) is 4.79 Å². The van der Waals surface area contributed by atoms with E-state index in [4.69, 9.17) is 0 Å². The second-order valence-corrected chi connectivity index (χ2v) is 6.23. The van der Waals surface area contributed by atoms with Crippen LogP contribution in [0, 0.1) is 13.8 Å². The summed E-state index contributed by atoms with van der Waals surface area (Å²) in [5.74, 6) is -1.50. The molecule has 2 aromatic heterocycles. The Morgan fingerprint density at radius 1 is 1.25 bits per heavy atom. The van der Waals surface area contributed by atoms with Crippen LogP contribution in [-0.4, -0.2) is 25.7 Å². The summed E-state index contributed by atoms with van der Waals surface area (Å²) in [4.78, 5) is 12.1. The number of aromatic nitrogens is 4. The van der Waals surface area contributed by atoms with Crippen LogP contribution in [0.25, 0.3) is 4.96 Å². The van der Waals surface area contributed by atoms with Gasteiger partial charge in [-0.15, -0.1) is 10.2 Å². The van der Waals surface area contributed by atoms with Crippen LogP contribution >= 0.6 is 11.3 Å². The van der Waals surface area contributed by atoms with Crippen molar-refractivity contribution in [3.8, 4) is 0 Å². The first-order valence-electron chi connectivity index (χ1n) is 6.89. The Bertz CT molecular complexity index is 915. The number of rotatable bonds is 3. The summed E-state index contributed by atoms with van der Waals surface area (Å²) >= 11 is 0.941. The Labute approximate surface area is 138 Å². The molecule has 0 aliphatic carbocycles. The molecule has 0 bridgehead atoms. The van der Waals surface area contributed by atoms with E-state index in [9.17, 15) is 18.0 Å². The number of nitrogens with zero attached hydrogens (tertiary/aromatic N) is 4. The number of hydrogen-bond donors (Lipinski definition) is 1. The van der Waals surface area contributed by atoms with Gasteiger partial charge < -0.3 is 5.32 Å². The van der Waals surface area contributed by atoms with E-state index in [0.717, 1.165) is 22.5 Å². The number of amides is 1. The van der Waals surface area contributed by atoms with Crippen molar-refractivity contribution in [3.63, 3.8) is 0 Å². The summed E-state index contributed by atoms with van der Waals surface area (Å²) in [5.41, 5.74) is 2.54. The Balaban J connectivity index is 1.74. The third-order valence-corrected chi connectivity index (χ3v) is 4.35. The smallest absolute Gasteiger partial charge is 0.345 e. The van der Waals surface area contributed by atoms with Crippen LogP contribution in [0.2, 0.25) is 0 Å². The summed E-state index contributed by atoms with van der Waals surface area (Å²) in [6.45, 7) is 3.85. The fraction of sp³-hybridized carbons (Fsp3) is 0.286. The maximum atomic E-state index is 12.7. The number of alkyl halides is 3. The molecule has 0 aliphatic rings. The van der Waals surface area contributed by atoms with Crippen molar-refractivity contribution in [2.75, 3.05) is 0 Å². The molecule has 24 heavy (non-hydrogen) atoms. The Kier molecular flexibility index (Phi) is 3.99. The van der Waals surface area contributed by atoms with Crippen molar-refractivity contribution >= 4 is 22.2 Å². The van der Waals surface area contributed by atoms with E-state index in [2.05, 4.69) is 20.6 Å². The highest BCUT2D eigenvalue weighted by atomic mass is 32.1. The topological polar surface area (TPSA) is 72.2 Å². The highest BCUT2D eigenvalue weighted by molar-refractivity contribution is 7.16. The molecule has 0 atom stereocenters. The highest BCUT2D eigenvalue weighted by Crippen LogP contribution is 2.28. The van der Waals surface area contributed by atoms with E-state index >= 15 is 0 Å².